The summed E-state index contributed by atoms with van der Waals surface area (Å²) in [6.07, 6.45) is 0. The third-order valence-corrected chi connectivity index (χ3v) is 6.51. The molecule has 4 rings (SSSR count). The largest absolute Gasteiger partial charge is 0.480 e. The van der Waals surface area contributed by atoms with Crippen molar-refractivity contribution in [2.75, 3.05) is 12.4 Å². The quantitative estimate of drug-likeness (QED) is 0.340. The summed E-state index contributed by atoms with van der Waals surface area (Å²) < 4.78 is 14.2. The van der Waals surface area contributed by atoms with E-state index in [-0.39, 0.29) is 17.6 Å². The molecule has 0 radical (unpaired) electrons. The van der Waals surface area contributed by atoms with Gasteiger partial charge in [-0.1, -0.05) is 49.4 Å². The number of hydrogen-bond donors (Lipinski definition) is 2. The number of anilines is 2. The molecule has 4 aromatic rings. The van der Waals surface area contributed by atoms with Gasteiger partial charge >= 0.3 is 5.97 Å². The highest BCUT2D eigenvalue weighted by molar-refractivity contribution is 7.22. The second-order valence-corrected chi connectivity index (χ2v) is 9.38. The molecule has 0 saturated heterocycles. The average molecular weight is 478 g/mol. The molecule has 0 bridgehead atoms. The van der Waals surface area contributed by atoms with Gasteiger partial charge in [0.15, 0.2) is 5.13 Å². The maximum absolute atomic E-state index is 13.4. The minimum absolute atomic E-state index is 0.207. The van der Waals surface area contributed by atoms with Gasteiger partial charge in [0, 0.05) is 18.3 Å². The number of halogens is 1. The molecule has 0 spiro atoms. The van der Waals surface area contributed by atoms with Gasteiger partial charge in [-0.3, -0.25) is 4.79 Å². The van der Waals surface area contributed by atoms with Crippen LogP contribution in [0.5, 0.6) is 0 Å². The van der Waals surface area contributed by atoms with E-state index in [1.807, 2.05) is 36.4 Å². The summed E-state index contributed by atoms with van der Waals surface area (Å²) in [5, 5.41) is 13.4. The monoisotopic (exact) mass is 477 g/mol. The fourth-order valence-electron chi connectivity index (χ4n) is 3.85. The van der Waals surface area contributed by atoms with E-state index in [1.165, 1.54) is 35.4 Å². The Morgan fingerprint density at radius 2 is 1.62 bits per heavy atom. The van der Waals surface area contributed by atoms with Crippen molar-refractivity contribution in [2.24, 2.45) is 5.92 Å². The Hall–Kier alpha value is -3.78. The lowest BCUT2D eigenvalue weighted by Gasteiger charge is -2.27. The summed E-state index contributed by atoms with van der Waals surface area (Å²) in [5.41, 5.74) is 3.93. The van der Waals surface area contributed by atoms with Crippen LogP contribution in [0, 0.1) is 11.7 Å². The van der Waals surface area contributed by atoms with Gasteiger partial charge < -0.3 is 15.3 Å². The smallest absolute Gasteiger partial charge is 0.326 e. The summed E-state index contributed by atoms with van der Waals surface area (Å²) >= 11 is 1.38. The van der Waals surface area contributed by atoms with Crippen LogP contribution in [0.1, 0.15) is 24.2 Å². The van der Waals surface area contributed by atoms with Crippen LogP contribution in [0.25, 0.3) is 21.3 Å². The Balaban J connectivity index is 1.46. The number of nitrogens with zero attached hydrogens (tertiary/aromatic N) is 2. The van der Waals surface area contributed by atoms with Crippen molar-refractivity contribution < 1.29 is 19.1 Å². The molecular formula is C26H24FN3O3S. The van der Waals surface area contributed by atoms with Crippen molar-refractivity contribution in [3.8, 4) is 11.1 Å². The molecule has 1 atom stereocenters. The molecule has 174 valence electrons. The number of amides is 1. The number of carboxylic acid groups (broad SMARTS) is 1. The van der Waals surface area contributed by atoms with E-state index < -0.39 is 12.0 Å². The number of rotatable bonds is 7. The van der Waals surface area contributed by atoms with Crippen molar-refractivity contribution in [1.29, 1.82) is 0 Å². The van der Waals surface area contributed by atoms with Crippen LogP contribution in [-0.2, 0) is 4.79 Å². The third-order valence-electron chi connectivity index (χ3n) is 5.57. The van der Waals surface area contributed by atoms with Crippen molar-refractivity contribution in [3.63, 3.8) is 0 Å². The molecule has 0 aliphatic rings. The van der Waals surface area contributed by atoms with Crippen LogP contribution in [0.2, 0.25) is 0 Å². The summed E-state index contributed by atoms with van der Waals surface area (Å²) in [6, 6.07) is 18.5. The number of carbonyl (C=O) groups excluding carboxylic acids is 1. The zero-order valence-electron chi connectivity index (χ0n) is 18.9. The second kappa shape index (κ2) is 9.61. The zero-order chi connectivity index (χ0) is 24.4. The summed E-state index contributed by atoms with van der Waals surface area (Å²) in [4.78, 5) is 30.1. The van der Waals surface area contributed by atoms with Gasteiger partial charge in [-0.05, 0) is 59.5 Å². The lowest BCUT2D eigenvalue weighted by atomic mass is 10.0. The van der Waals surface area contributed by atoms with Crippen LogP contribution >= 0.6 is 11.3 Å². The number of hydrogen-bond acceptors (Lipinski definition) is 5. The van der Waals surface area contributed by atoms with E-state index in [1.54, 1.807) is 32.0 Å². The Morgan fingerprint density at radius 1 is 1.00 bits per heavy atom. The number of likely N-dealkylation sites (N-methyl/N-ethyl adjacent to an activating group) is 1. The molecule has 0 unspecified atom stereocenters. The Kier molecular flexibility index (Phi) is 6.61. The van der Waals surface area contributed by atoms with Gasteiger partial charge in [-0.25, -0.2) is 14.2 Å². The highest BCUT2D eigenvalue weighted by Gasteiger charge is 2.30. The molecule has 0 aliphatic heterocycles. The molecule has 6 nitrogen and oxygen atoms in total. The van der Waals surface area contributed by atoms with Crippen molar-refractivity contribution in [2.45, 2.75) is 19.9 Å². The molecule has 0 aliphatic carbocycles. The summed E-state index contributed by atoms with van der Waals surface area (Å²) in [5.74, 6) is -1.84. The predicted octanol–water partition coefficient (Wildman–Crippen LogP) is 6.03. The Labute approximate surface area is 200 Å². The van der Waals surface area contributed by atoms with Gasteiger partial charge in [0.25, 0.3) is 5.91 Å². The summed E-state index contributed by atoms with van der Waals surface area (Å²) in [7, 11) is 1.52. The van der Waals surface area contributed by atoms with Crippen LogP contribution < -0.4 is 5.32 Å². The predicted molar refractivity (Wildman–Crippen MR) is 133 cm³/mol. The topological polar surface area (TPSA) is 82.5 Å². The number of carboxylic acids is 1. The fraction of sp³-hybridized carbons (Fsp3) is 0.192. The molecule has 8 heteroatoms. The molecule has 3 aromatic carbocycles. The first-order chi connectivity index (χ1) is 16.2. The molecule has 1 amide bonds. The third kappa shape index (κ3) is 4.92. The number of thiazole rings is 1. The second-order valence-electron chi connectivity index (χ2n) is 8.35. The molecule has 1 aromatic heterocycles. The highest BCUT2D eigenvalue weighted by atomic mass is 32.1. The van der Waals surface area contributed by atoms with Crippen LogP contribution in [0.3, 0.4) is 0 Å². The van der Waals surface area contributed by atoms with Gasteiger partial charge in [-0.15, -0.1) is 0 Å². The standard InChI is InChI=1S/C26H24FN3O3S/c1-15(2)23(25(32)33)30(3)24(31)18-6-4-16(5-7-18)17-8-11-20(12-9-17)28-26-29-21-13-10-19(27)14-22(21)34-26/h4-15,23H,1-3H3,(H,28,29)(H,32,33)/t23-/m0/s1. The first-order valence-electron chi connectivity index (χ1n) is 10.8. The number of nitrogens with one attached hydrogen (secondary N) is 1. The van der Waals surface area contributed by atoms with Crippen molar-refractivity contribution >= 4 is 44.2 Å². The maximum atomic E-state index is 13.4. The minimum atomic E-state index is -1.02. The first kappa shape index (κ1) is 23.4. The molecule has 0 saturated carbocycles. The van der Waals surface area contributed by atoms with E-state index in [9.17, 15) is 19.1 Å². The van der Waals surface area contributed by atoms with E-state index in [2.05, 4.69) is 10.3 Å². The number of fused-ring (bicyclic) bond motifs is 1. The Morgan fingerprint density at radius 3 is 2.21 bits per heavy atom. The maximum Gasteiger partial charge on any atom is 0.326 e. The molecule has 34 heavy (non-hydrogen) atoms. The minimum Gasteiger partial charge on any atom is -0.480 e. The van der Waals surface area contributed by atoms with Crippen LogP contribution in [-0.4, -0.2) is 40.0 Å². The van der Waals surface area contributed by atoms with Gasteiger partial charge in [0.1, 0.15) is 11.9 Å². The lowest BCUT2D eigenvalue weighted by Crippen LogP contribution is -2.45. The number of carbonyl (C=O) groups is 2. The number of aliphatic carboxylic acids is 1. The van der Waals surface area contributed by atoms with Crippen LogP contribution in [0.15, 0.2) is 66.7 Å². The van der Waals surface area contributed by atoms with Crippen molar-refractivity contribution in [1.82, 2.24) is 9.88 Å². The zero-order valence-corrected chi connectivity index (χ0v) is 19.8. The average Bonchev–Trinajstić information content (AvgIpc) is 3.20. The SMILES string of the molecule is CC(C)[C@@H](C(=O)O)N(C)C(=O)c1ccc(-c2ccc(Nc3nc4ccc(F)cc4s3)cc2)cc1. The normalized spacial score (nSPS) is 12.0. The van der Waals surface area contributed by atoms with E-state index >= 15 is 0 Å². The highest BCUT2D eigenvalue weighted by Crippen LogP contribution is 2.30. The van der Waals surface area contributed by atoms with Gasteiger partial charge in [0.05, 0.1) is 10.2 Å². The van der Waals surface area contributed by atoms with Gasteiger partial charge in [-0.2, -0.15) is 0 Å². The molecular weight excluding hydrogens is 453 g/mol. The van der Waals surface area contributed by atoms with Crippen molar-refractivity contribution in [3.05, 3.63) is 78.1 Å². The molecule has 2 N–H and O–H groups in total. The first-order valence-corrected chi connectivity index (χ1v) is 11.6. The van der Waals surface area contributed by atoms with E-state index in [0.29, 0.717) is 10.7 Å². The van der Waals surface area contributed by atoms with Crippen LogP contribution in [0.4, 0.5) is 15.2 Å². The molecule has 0 fully saturated rings. The Bertz CT molecular complexity index is 1330. The number of aromatic nitrogens is 1. The number of benzene rings is 3. The fourth-order valence-corrected chi connectivity index (χ4v) is 4.77. The molecule has 1 heterocycles. The van der Waals surface area contributed by atoms with E-state index in [0.717, 1.165) is 27.0 Å². The summed E-state index contributed by atoms with van der Waals surface area (Å²) in [6.45, 7) is 3.56. The lowest BCUT2D eigenvalue weighted by molar-refractivity contribution is -0.143. The van der Waals surface area contributed by atoms with E-state index in [4.69, 9.17) is 0 Å². The van der Waals surface area contributed by atoms with Gasteiger partial charge in [0.2, 0.25) is 0 Å².